The third-order valence-corrected chi connectivity index (χ3v) is 12.5. The maximum absolute atomic E-state index is 12.5. The van der Waals surface area contributed by atoms with Crippen molar-refractivity contribution in [3.05, 3.63) is 95.0 Å². The molecule has 0 spiro atoms. The Labute approximate surface area is 229 Å². The lowest BCUT2D eigenvalue weighted by Crippen LogP contribution is -2.68. The molecule has 37 heavy (non-hydrogen) atoms. The lowest BCUT2D eigenvalue weighted by Gasteiger charge is -2.45. The molecule has 1 saturated heterocycles. The van der Waals surface area contributed by atoms with Crippen molar-refractivity contribution in [3.63, 3.8) is 0 Å². The average molecular weight is 584 g/mol. The third kappa shape index (κ3) is 6.41. The predicted octanol–water partition coefficient (Wildman–Crippen LogP) is 4.98. The second kappa shape index (κ2) is 12.0. The van der Waals surface area contributed by atoms with Gasteiger partial charge >= 0.3 is 5.97 Å². The molecule has 0 unspecified atom stereocenters. The molecule has 196 valence electrons. The Bertz CT molecular complexity index is 1110. The second-order valence-electron chi connectivity index (χ2n) is 10.5. The molecule has 4 rings (SSSR count). The highest BCUT2D eigenvalue weighted by molar-refractivity contribution is 9.10. The van der Waals surface area contributed by atoms with Crippen molar-refractivity contribution < 1.29 is 23.8 Å². The third-order valence-electron chi connectivity index (χ3n) is 6.87. The Morgan fingerprint density at radius 3 is 2.08 bits per heavy atom. The first-order chi connectivity index (χ1) is 17.7. The van der Waals surface area contributed by atoms with Gasteiger partial charge in [0.1, 0.15) is 0 Å². The summed E-state index contributed by atoms with van der Waals surface area (Å²) < 4.78 is 19.6. The summed E-state index contributed by atoms with van der Waals surface area (Å²) in [5.74, 6) is -0.345. The van der Waals surface area contributed by atoms with Crippen LogP contribution in [-0.2, 0) is 25.3 Å². The van der Waals surface area contributed by atoms with Crippen LogP contribution in [0.2, 0.25) is 5.04 Å². The molecular formula is C30H35BrO5Si. The van der Waals surface area contributed by atoms with E-state index < -0.39 is 26.6 Å². The molecule has 1 aliphatic heterocycles. The van der Waals surface area contributed by atoms with E-state index in [1.54, 1.807) is 0 Å². The van der Waals surface area contributed by atoms with Crippen molar-refractivity contribution in [2.75, 3.05) is 6.61 Å². The van der Waals surface area contributed by atoms with Crippen molar-refractivity contribution in [2.45, 2.75) is 63.6 Å². The summed E-state index contributed by atoms with van der Waals surface area (Å²) in [6.45, 7) is 7.37. The maximum atomic E-state index is 12.5. The predicted molar refractivity (Wildman–Crippen MR) is 151 cm³/mol. The van der Waals surface area contributed by atoms with Crippen molar-refractivity contribution in [2.24, 2.45) is 0 Å². The van der Waals surface area contributed by atoms with Crippen LogP contribution in [0.15, 0.2) is 89.4 Å². The van der Waals surface area contributed by atoms with Crippen molar-refractivity contribution in [1.29, 1.82) is 0 Å². The van der Waals surface area contributed by atoms with Crippen molar-refractivity contribution in [3.8, 4) is 0 Å². The van der Waals surface area contributed by atoms with Crippen LogP contribution < -0.4 is 10.4 Å². The van der Waals surface area contributed by atoms with E-state index in [9.17, 15) is 9.90 Å². The number of ether oxygens (including phenoxy) is 2. The topological polar surface area (TPSA) is 65.0 Å². The molecule has 0 aliphatic carbocycles. The van der Waals surface area contributed by atoms with E-state index in [1.807, 2.05) is 60.7 Å². The number of carbonyl (C=O) groups excluding carboxylic acids is 1. The molecule has 1 N–H and O–H groups in total. The molecule has 3 aromatic carbocycles. The van der Waals surface area contributed by atoms with Crippen LogP contribution >= 0.6 is 15.9 Å². The number of hydrogen-bond donors (Lipinski definition) is 1. The van der Waals surface area contributed by atoms with Gasteiger partial charge in [-0.25, -0.2) is 0 Å². The van der Waals surface area contributed by atoms with Gasteiger partial charge < -0.3 is 19.0 Å². The van der Waals surface area contributed by atoms with Gasteiger partial charge in [-0.1, -0.05) is 109 Å². The largest absolute Gasteiger partial charge is 0.457 e. The Kier molecular flexibility index (Phi) is 9.03. The second-order valence-corrected chi connectivity index (χ2v) is 15.7. The van der Waals surface area contributed by atoms with Crippen LogP contribution in [-0.4, -0.2) is 44.3 Å². The first kappa shape index (κ1) is 27.7. The standard InChI is InChI=1S/C30H35BrO5Si/c1-30(2,3)37(24-10-6-4-7-11-24,25-12-8-5-9-13-25)36-27-20-28(33)35-29(27)26(32)18-19-34-21-22-14-16-23(31)17-15-22/h4-17,26-27,29,32H,18-21H2,1-3H3/t26-,27-,29-/m0/s1. The Morgan fingerprint density at radius 2 is 1.54 bits per heavy atom. The zero-order valence-corrected chi connectivity index (χ0v) is 24.2. The lowest BCUT2D eigenvalue weighted by atomic mass is 10.1. The van der Waals surface area contributed by atoms with Gasteiger partial charge in [0.25, 0.3) is 8.32 Å². The van der Waals surface area contributed by atoms with Gasteiger partial charge in [0.2, 0.25) is 0 Å². The molecule has 1 fully saturated rings. The van der Waals surface area contributed by atoms with Gasteiger partial charge in [0.15, 0.2) is 6.10 Å². The van der Waals surface area contributed by atoms with Crippen molar-refractivity contribution in [1.82, 2.24) is 0 Å². The number of rotatable bonds is 10. The number of cyclic esters (lactones) is 1. The fourth-order valence-electron chi connectivity index (χ4n) is 5.05. The minimum absolute atomic E-state index is 0.117. The van der Waals surface area contributed by atoms with E-state index in [1.165, 1.54) is 0 Å². The van der Waals surface area contributed by atoms with Crippen LogP contribution in [0, 0.1) is 0 Å². The quantitative estimate of drug-likeness (QED) is 0.207. The average Bonchev–Trinajstić information content (AvgIpc) is 3.26. The highest BCUT2D eigenvalue weighted by atomic mass is 79.9. The molecular weight excluding hydrogens is 548 g/mol. The van der Waals surface area contributed by atoms with Gasteiger partial charge in [0, 0.05) is 17.5 Å². The molecule has 0 amide bonds. The molecule has 3 aromatic rings. The minimum atomic E-state index is -2.90. The lowest BCUT2D eigenvalue weighted by molar-refractivity contribution is -0.147. The van der Waals surface area contributed by atoms with Gasteiger partial charge in [-0.2, -0.15) is 0 Å². The Hall–Kier alpha value is -2.29. The summed E-state index contributed by atoms with van der Waals surface area (Å²) in [5.41, 5.74) is 1.05. The van der Waals surface area contributed by atoms with Gasteiger partial charge in [-0.3, -0.25) is 4.79 Å². The highest BCUT2D eigenvalue weighted by Gasteiger charge is 2.54. The first-order valence-electron chi connectivity index (χ1n) is 12.7. The summed E-state index contributed by atoms with van der Waals surface area (Å²) in [6, 6.07) is 28.5. The van der Waals surface area contributed by atoms with Gasteiger partial charge in [-0.15, -0.1) is 0 Å². The smallest absolute Gasteiger partial charge is 0.308 e. The summed E-state index contributed by atoms with van der Waals surface area (Å²) in [7, 11) is -2.90. The number of aliphatic hydroxyl groups excluding tert-OH is 1. The van der Waals surface area contributed by atoms with E-state index in [-0.39, 0.29) is 17.4 Å². The summed E-state index contributed by atoms with van der Waals surface area (Å²) in [4.78, 5) is 12.5. The number of benzene rings is 3. The van der Waals surface area contributed by atoms with E-state index in [4.69, 9.17) is 13.9 Å². The minimum Gasteiger partial charge on any atom is -0.457 e. The van der Waals surface area contributed by atoms with E-state index in [0.29, 0.717) is 19.6 Å². The van der Waals surface area contributed by atoms with Crippen LogP contribution in [0.3, 0.4) is 0 Å². The molecule has 1 aliphatic rings. The first-order valence-corrected chi connectivity index (χ1v) is 15.4. The Balaban J connectivity index is 1.54. The SMILES string of the molecule is CC(C)(C)[Si](O[C@H]1CC(=O)O[C@H]1[C@@H](O)CCOCc1ccc(Br)cc1)(c1ccccc1)c1ccccc1. The van der Waals surface area contributed by atoms with E-state index in [2.05, 4.69) is 61.0 Å². The zero-order chi connectivity index (χ0) is 26.5. The summed E-state index contributed by atoms with van der Waals surface area (Å²) in [6.07, 6.45) is -1.73. The number of aliphatic hydroxyl groups is 1. The zero-order valence-electron chi connectivity index (χ0n) is 21.6. The van der Waals surface area contributed by atoms with Gasteiger partial charge in [-0.05, 0) is 33.1 Å². The molecule has 1 heterocycles. The van der Waals surface area contributed by atoms with Gasteiger partial charge in [0.05, 0.1) is 25.2 Å². The molecule has 0 saturated carbocycles. The molecule has 3 atom stereocenters. The normalized spacial score (nSPS) is 19.0. The van der Waals surface area contributed by atoms with Crippen molar-refractivity contribution >= 4 is 40.6 Å². The summed E-state index contributed by atoms with van der Waals surface area (Å²) in [5, 5.41) is 13.1. The molecule has 0 aromatic heterocycles. The van der Waals surface area contributed by atoms with E-state index in [0.717, 1.165) is 20.4 Å². The number of halogens is 1. The van der Waals surface area contributed by atoms with Crippen LogP contribution in [0.1, 0.15) is 39.2 Å². The van der Waals surface area contributed by atoms with Crippen LogP contribution in [0.25, 0.3) is 0 Å². The Morgan fingerprint density at radius 1 is 0.973 bits per heavy atom. The monoisotopic (exact) mass is 582 g/mol. The highest BCUT2D eigenvalue weighted by Crippen LogP contribution is 2.39. The fourth-order valence-corrected chi connectivity index (χ4v) is 10.00. The molecule has 7 heteroatoms. The molecule has 0 bridgehead atoms. The molecule has 0 radical (unpaired) electrons. The van der Waals surface area contributed by atoms with Crippen LogP contribution in [0.4, 0.5) is 0 Å². The maximum Gasteiger partial charge on any atom is 0.308 e. The summed E-state index contributed by atoms with van der Waals surface area (Å²) >= 11 is 3.43. The number of carbonyl (C=O) groups is 1. The van der Waals surface area contributed by atoms with E-state index >= 15 is 0 Å². The van der Waals surface area contributed by atoms with Crippen LogP contribution in [0.5, 0.6) is 0 Å². The molecule has 5 nitrogen and oxygen atoms in total. The number of esters is 1. The number of hydrogen-bond acceptors (Lipinski definition) is 5. The fraction of sp³-hybridized carbons (Fsp3) is 0.367.